The van der Waals surface area contributed by atoms with E-state index in [0.29, 0.717) is 18.5 Å². The van der Waals surface area contributed by atoms with E-state index in [1.165, 1.54) is 12.3 Å². The molecule has 1 aromatic heterocycles. The van der Waals surface area contributed by atoms with Gasteiger partial charge in [0.05, 0.1) is 18.6 Å². The Morgan fingerprint density at radius 3 is 2.50 bits per heavy atom. The third-order valence-corrected chi connectivity index (χ3v) is 5.27. The lowest BCUT2D eigenvalue weighted by Gasteiger charge is -2.08. The molecule has 0 aliphatic carbocycles. The summed E-state index contributed by atoms with van der Waals surface area (Å²) >= 11 is 0. The van der Waals surface area contributed by atoms with Crippen molar-refractivity contribution in [3.63, 3.8) is 0 Å². The highest BCUT2D eigenvalue weighted by Gasteiger charge is 2.19. The molecule has 0 saturated heterocycles. The summed E-state index contributed by atoms with van der Waals surface area (Å²) in [5.74, 6) is 0.497. The molecule has 22 heavy (non-hydrogen) atoms. The van der Waals surface area contributed by atoms with Gasteiger partial charge in [-0.3, -0.25) is 4.98 Å². The van der Waals surface area contributed by atoms with Crippen LogP contribution in [0.5, 0.6) is 11.5 Å². The van der Waals surface area contributed by atoms with Gasteiger partial charge >= 0.3 is 0 Å². The number of ether oxygens (including phenoxy) is 1. The van der Waals surface area contributed by atoms with Gasteiger partial charge in [-0.15, -0.1) is 0 Å². The third kappa shape index (κ3) is 3.76. The van der Waals surface area contributed by atoms with Gasteiger partial charge in [0.2, 0.25) is 0 Å². The van der Waals surface area contributed by atoms with Crippen molar-refractivity contribution < 1.29 is 18.3 Å². The van der Waals surface area contributed by atoms with E-state index >= 15 is 0 Å². The number of pyridine rings is 1. The monoisotopic (exact) mass is 321 g/mol. The molecular formula is C16H19NO4S. The second-order valence-electron chi connectivity index (χ2n) is 5.01. The maximum absolute atomic E-state index is 12.3. The number of aromatic nitrogens is 1. The molecule has 118 valence electrons. The first-order valence-corrected chi connectivity index (χ1v) is 8.59. The van der Waals surface area contributed by atoms with Crippen molar-refractivity contribution in [2.24, 2.45) is 0 Å². The summed E-state index contributed by atoms with van der Waals surface area (Å²) in [6, 6.07) is 8.87. The van der Waals surface area contributed by atoms with E-state index in [2.05, 4.69) is 4.98 Å². The number of hydrogen-bond donors (Lipinski definition) is 1. The zero-order valence-electron chi connectivity index (χ0n) is 12.6. The van der Waals surface area contributed by atoms with E-state index in [1.54, 1.807) is 14.0 Å². The van der Waals surface area contributed by atoms with Crippen molar-refractivity contribution >= 4 is 9.84 Å². The maximum atomic E-state index is 12.3. The smallest absolute Gasteiger partial charge is 0.182 e. The van der Waals surface area contributed by atoms with Crippen molar-refractivity contribution in [2.45, 2.75) is 24.7 Å². The fraction of sp³-hybridized carbons (Fsp3) is 0.312. The number of rotatable bonds is 6. The Labute approximate surface area is 130 Å². The summed E-state index contributed by atoms with van der Waals surface area (Å²) in [5.41, 5.74) is 1.36. The third-order valence-electron chi connectivity index (χ3n) is 3.44. The molecule has 1 heterocycles. The van der Waals surface area contributed by atoms with Crippen LogP contribution >= 0.6 is 0 Å². The van der Waals surface area contributed by atoms with E-state index in [-0.39, 0.29) is 16.4 Å². The number of aryl methyl sites for hydroxylation is 2. The van der Waals surface area contributed by atoms with Gasteiger partial charge in [-0.2, -0.15) is 0 Å². The Morgan fingerprint density at radius 1 is 1.18 bits per heavy atom. The molecule has 0 atom stereocenters. The van der Waals surface area contributed by atoms with Gasteiger partial charge in [0, 0.05) is 6.20 Å². The quantitative estimate of drug-likeness (QED) is 0.884. The zero-order valence-corrected chi connectivity index (χ0v) is 13.4. The van der Waals surface area contributed by atoms with E-state index in [1.807, 2.05) is 24.3 Å². The standard InChI is InChI=1S/C16H19NO4S/c1-12-16(18)15(9-10-17-12)22(19,20)11-3-4-13-5-7-14(21-2)8-6-13/h5-10,18H,3-4,11H2,1-2H3. The number of nitrogens with zero attached hydrogens (tertiary/aromatic N) is 1. The first-order valence-electron chi connectivity index (χ1n) is 6.94. The highest BCUT2D eigenvalue weighted by molar-refractivity contribution is 7.91. The Hall–Kier alpha value is -2.08. The minimum absolute atomic E-state index is 0.0178. The first-order chi connectivity index (χ1) is 10.4. The first kappa shape index (κ1) is 16.3. The number of hydrogen-bond acceptors (Lipinski definition) is 5. The molecule has 2 rings (SSSR count). The minimum atomic E-state index is -3.51. The van der Waals surface area contributed by atoms with Crippen molar-refractivity contribution in [3.8, 4) is 11.5 Å². The van der Waals surface area contributed by atoms with Crippen LogP contribution in [0.25, 0.3) is 0 Å². The average Bonchev–Trinajstić information content (AvgIpc) is 2.50. The topological polar surface area (TPSA) is 76.5 Å². The Morgan fingerprint density at radius 2 is 1.86 bits per heavy atom. The lowest BCUT2D eigenvalue weighted by atomic mass is 10.1. The lowest BCUT2D eigenvalue weighted by Crippen LogP contribution is -2.09. The summed E-state index contributed by atoms with van der Waals surface area (Å²) in [6.45, 7) is 1.58. The molecule has 0 unspecified atom stereocenters. The normalized spacial score (nSPS) is 11.4. The van der Waals surface area contributed by atoms with Crippen LogP contribution in [0, 0.1) is 6.92 Å². The van der Waals surface area contributed by atoms with Gasteiger partial charge in [-0.25, -0.2) is 8.42 Å². The molecule has 0 aliphatic heterocycles. The zero-order chi connectivity index (χ0) is 16.2. The summed E-state index contributed by atoms with van der Waals surface area (Å²) < 4.78 is 29.7. The molecule has 6 heteroatoms. The van der Waals surface area contributed by atoms with E-state index in [4.69, 9.17) is 4.74 Å². The Balaban J connectivity index is 2.02. The maximum Gasteiger partial charge on any atom is 0.182 e. The van der Waals surface area contributed by atoms with Crippen molar-refractivity contribution in [3.05, 3.63) is 47.8 Å². The lowest BCUT2D eigenvalue weighted by molar-refractivity contribution is 0.414. The van der Waals surface area contributed by atoms with Gasteiger partial charge in [-0.1, -0.05) is 12.1 Å². The second-order valence-corrected chi connectivity index (χ2v) is 7.09. The number of methoxy groups -OCH3 is 1. The average molecular weight is 321 g/mol. The Kier molecular flexibility index (Phi) is 5.03. The number of aromatic hydroxyl groups is 1. The SMILES string of the molecule is COc1ccc(CCCS(=O)(=O)c2ccnc(C)c2O)cc1. The molecule has 0 aliphatic rings. The molecule has 1 aromatic carbocycles. The highest BCUT2D eigenvalue weighted by Crippen LogP contribution is 2.26. The molecule has 0 saturated carbocycles. The fourth-order valence-electron chi connectivity index (χ4n) is 2.15. The van der Waals surface area contributed by atoms with Crippen LogP contribution < -0.4 is 4.74 Å². The van der Waals surface area contributed by atoms with E-state index in [0.717, 1.165) is 11.3 Å². The van der Waals surface area contributed by atoms with Crippen LogP contribution in [0.2, 0.25) is 0 Å². The van der Waals surface area contributed by atoms with Crippen LogP contribution in [0.15, 0.2) is 41.4 Å². The fourth-order valence-corrected chi connectivity index (χ4v) is 3.61. The largest absolute Gasteiger partial charge is 0.505 e. The molecule has 2 aromatic rings. The van der Waals surface area contributed by atoms with E-state index < -0.39 is 9.84 Å². The van der Waals surface area contributed by atoms with Gasteiger partial charge in [-0.05, 0) is 43.5 Å². The number of sulfone groups is 1. The summed E-state index contributed by atoms with van der Waals surface area (Å²) in [6.07, 6.45) is 2.52. The Bertz CT molecular complexity index is 739. The predicted octanol–water partition coefficient (Wildman–Crippen LogP) is 2.51. The van der Waals surface area contributed by atoms with Crippen LogP contribution in [0.1, 0.15) is 17.7 Å². The van der Waals surface area contributed by atoms with Gasteiger partial charge < -0.3 is 9.84 Å². The van der Waals surface area contributed by atoms with Gasteiger partial charge in [0.25, 0.3) is 0 Å². The summed E-state index contributed by atoms with van der Waals surface area (Å²) in [7, 11) is -1.91. The second kappa shape index (κ2) is 6.79. The summed E-state index contributed by atoms with van der Waals surface area (Å²) in [4.78, 5) is 3.82. The van der Waals surface area contributed by atoms with Crippen molar-refractivity contribution in [1.82, 2.24) is 4.98 Å². The molecular weight excluding hydrogens is 302 g/mol. The summed E-state index contributed by atoms with van der Waals surface area (Å²) in [5, 5.41) is 9.85. The molecule has 5 nitrogen and oxygen atoms in total. The molecule has 0 spiro atoms. The van der Waals surface area contributed by atoms with Crippen LogP contribution in [-0.4, -0.2) is 31.4 Å². The molecule has 0 radical (unpaired) electrons. The minimum Gasteiger partial charge on any atom is -0.505 e. The molecule has 0 bridgehead atoms. The highest BCUT2D eigenvalue weighted by atomic mass is 32.2. The van der Waals surface area contributed by atoms with Crippen molar-refractivity contribution in [1.29, 1.82) is 0 Å². The molecule has 1 N–H and O–H groups in total. The van der Waals surface area contributed by atoms with Gasteiger partial charge in [0.1, 0.15) is 10.6 Å². The van der Waals surface area contributed by atoms with Crippen molar-refractivity contribution in [2.75, 3.05) is 12.9 Å². The van der Waals surface area contributed by atoms with Crippen LogP contribution in [0.3, 0.4) is 0 Å². The number of benzene rings is 1. The predicted molar refractivity (Wildman–Crippen MR) is 84.0 cm³/mol. The van der Waals surface area contributed by atoms with E-state index in [9.17, 15) is 13.5 Å². The molecule has 0 amide bonds. The van der Waals surface area contributed by atoms with Crippen LogP contribution in [-0.2, 0) is 16.3 Å². The molecule has 0 fully saturated rings. The van der Waals surface area contributed by atoms with Crippen LogP contribution in [0.4, 0.5) is 0 Å². The van der Waals surface area contributed by atoms with Gasteiger partial charge in [0.15, 0.2) is 15.6 Å².